The molecule has 1 saturated heterocycles. The lowest BCUT2D eigenvalue weighted by atomic mass is 10.1. The normalized spacial score (nSPS) is 16.8. The van der Waals surface area contributed by atoms with Gasteiger partial charge >= 0.3 is 0 Å². The molecule has 1 unspecified atom stereocenters. The number of ether oxygens (including phenoxy) is 3. The van der Waals surface area contributed by atoms with Crippen LogP contribution in [0.4, 0.5) is 0 Å². The molecule has 0 saturated carbocycles. The van der Waals surface area contributed by atoms with Crippen molar-refractivity contribution in [1.82, 2.24) is 10.2 Å². The summed E-state index contributed by atoms with van der Waals surface area (Å²) in [5, 5.41) is 2.85. The van der Waals surface area contributed by atoms with Crippen LogP contribution in [0.25, 0.3) is 0 Å². The van der Waals surface area contributed by atoms with E-state index in [4.69, 9.17) is 14.2 Å². The third-order valence-corrected chi connectivity index (χ3v) is 4.10. The van der Waals surface area contributed by atoms with Gasteiger partial charge in [-0.1, -0.05) is 0 Å². The number of nitrogens with zero attached hydrogens (tertiary/aromatic N) is 1. The predicted octanol–water partition coefficient (Wildman–Crippen LogP) is 1.08. The van der Waals surface area contributed by atoms with Gasteiger partial charge in [-0.2, -0.15) is 0 Å². The topological polar surface area (TPSA) is 77.1 Å². The lowest BCUT2D eigenvalue weighted by molar-refractivity contribution is -0.129. The van der Waals surface area contributed by atoms with E-state index in [0.717, 1.165) is 17.9 Å². The fourth-order valence-corrected chi connectivity index (χ4v) is 2.68. The van der Waals surface area contributed by atoms with Gasteiger partial charge in [-0.05, 0) is 30.7 Å². The zero-order valence-electron chi connectivity index (χ0n) is 14.8. The Kier molecular flexibility index (Phi) is 7.53. The van der Waals surface area contributed by atoms with Gasteiger partial charge in [-0.3, -0.25) is 9.59 Å². The first kappa shape index (κ1) is 19.1. The second-order valence-corrected chi connectivity index (χ2v) is 5.90. The van der Waals surface area contributed by atoms with Gasteiger partial charge in [0.2, 0.25) is 11.8 Å². The van der Waals surface area contributed by atoms with Crippen molar-refractivity contribution < 1.29 is 23.8 Å². The third-order valence-electron chi connectivity index (χ3n) is 4.10. The van der Waals surface area contributed by atoms with Crippen molar-refractivity contribution in [1.29, 1.82) is 0 Å². The van der Waals surface area contributed by atoms with Gasteiger partial charge < -0.3 is 24.4 Å². The molecule has 1 heterocycles. The number of methoxy groups -OCH3 is 2. The molecule has 2 rings (SSSR count). The Balaban J connectivity index is 1.70. The van der Waals surface area contributed by atoms with Crippen LogP contribution < -0.4 is 14.8 Å². The Morgan fingerprint density at radius 3 is 2.60 bits per heavy atom. The summed E-state index contributed by atoms with van der Waals surface area (Å²) in [6.07, 6.45) is 1.03. The average molecular weight is 350 g/mol. The van der Waals surface area contributed by atoms with E-state index >= 15 is 0 Å². The number of carbonyl (C=O) groups excluding carboxylic acids is 2. The molecule has 7 nitrogen and oxygen atoms in total. The van der Waals surface area contributed by atoms with Crippen LogP contribution in [0.1, 0.15) is 12.8 Å². The Bertz CT molecular complexity index is 561. The van der Waals surface area contributed by atoms with E-state index in [1.807, 2.05) is 24.3 Å². The lowest BCUT2D eigenvalue weighted by Gasteiger charge is -2.17. The number of likely N-dealkylation sites (tertiary alicyclic amines) is 1. The average Bonchev–Trinajstić information content (AvgIpc) is 3.00. The van der Waals surface area contributed by atoms with Crippen molar-refractivity contribution in [3.63, 3.8) is 0 Å². The number of nitrogens with one attached hydrogen (secondary N) is 1. The molecule has 0 aromatic heterocycles. The van der Waals surface area contributed by atoms with Crippen molar-refractivity contribution in [2.24, 2.45) is 5.92 Å². The van der Waals surface area contributed by atoms with Crippen LogP contribution in [0.15, 0.2) is 24.3 Å². The molecule has 0 spiro atoms. The molecule has 1 aromatic rings. The smallest absolute Gasteiger partial charge is 0.225 e. The van der Waals surface area contributed by atoms with Crippen molar-refractivity contribution in [2.75, 3.05) is 47.1 Å². The second kappa shape index (κ2) is 9.88. The SMILES string of the molecule is COCCCNC(=O)C1CC(=O)N(CCOc2ccc(OC)cc2)C1. The van der Waals surface area contributed by atoms with Crippen LogP contribution in [0.2, 0.25) is 0 Å². The van der Waals surface area contributed by atoms with E-state index < -0.39 is 0 Å². The summed E-state index contributed by atoms with van der Waals surface area (Å²) >= 11 is 0. The van der Waals surface area contributed by atoms with E-state index in [-0.39, 0.29) is 24.2 Å². The monoisotopic (exact) mass is 350 g/mol. The second-order valence-electron chi connectivity index (χ2n) is 5.90. The first-order chi connectivity index (χ1) is 12.1. The Morgan fingerprint density at radius 1 is 1.20 bits per heavy atom. The molecule has 0 radical (unpaired) electrons. The van der Waals surface area contributed by atoms with E-state index in [0.29, 0.717) is 32.8 Å². The van der Waals surface area contributed by atoms with E-state index in [2.05, 4.69) is 5.32 Å². The summed E-state index contributed by atoms with van der Waals surface area (Å²) < 4.78 is 15.7. The molecular weight excluding hydrogens is 324 g/mol. The predicted molar refractivity (Wildman–Crippen MR) is 92.7 cm³/mol. The minimum Gasteiger partial charge on any atom is -0.497 e. The van der Waals surface area contributed by atoms with Crippen LogP contribution in [0.5, 0.6) is 11.5 Å². The molecule has 1 fully saturated rings. The van der Waals surface area contributed by atoms with Crippen molar-refractivity contribution in [2.45, 2.75) is 12.8 Å². The van der Waals surface area contributed by atoms with E-state index in [1.165, 1.54) is 0 Å². The van der Waals surface area contributed by atoms with E-state index in [1.54, 1.807) is 19.1 Å². The highest BCUT2D eigenvalue weighted by molar-refractivity contribution is 5.89. The maximum Gasteiger partial charge on any atom is 0.225 e. The van der Waals surface area contributed by atoms with Crippen LogP contribution in [-0.2, 0) is 14.3 Å². The molecule has 1 atom stereocenters. The zero-order valence-corrected chi connectivity index (χ0v) is 14.8. The molecule has 0 bridgehead atoms. The minimum absolute atomic E-state index is 0.00428. The molecule has 138 valence electrons. The van der Waals surface area contributed by atoms with Crippen molar-refractivity contribution in [3.05, 3.63) is 24.3 Å². The molecule has 7 heteroatoms. The zero-order chi connectivity index (χ0) is 18.1. The molecule has 0 aliphatic carbocycles. The Labute approximate surface area is 148 Å². The van der Waals surface area contributed by atoms with Gasteiger partial charge in [-0.15, -0.1) is 0 Å². The maximum absolute atomic E-state index is 12.1. The number of benzene rings is 1. The number of rotatable bonds is 10. The van der Waals surface area contributed by atoms with Crippen molar-refractivity contribution in [3.8, 4) is 11.5 Å². The number of carbonyl (C=O) groups is 2. The quantitative estimate of drug-likeness (QED) is 0.639. The summed E-state index contributed by atoms with van der Waals surface area (Å²) in [6, 6.07) is 7.28. The summed E-state index contributed by atoms with van der Waals surface area (Å²) in [4.78, 5) is 25.8. The van der Waals surface area contributed by atoms with Crippen molar-refractivity contribution >= 4 is 11.8 Å². The van der Waals surface area contributed by atoms with Gasteiger partial charge in [-0.25, -0.2) is 0 Å². The van der Waals surface area contributed by atoms with Crippen LogP contribution in [0.3, 0.4) is 0 Å². The minimum atomic E-state index is -0.281. The standard InChI is InChI=1S/C18H26N2O5/c1-23-10-3-8-19-18(22)14-12-17(21)20(13-14)9-11-25-16-6-4-15(24-2)5-7-16/h4-7,14H,3,8-13H2,1-2H3,(H,19,22). The highest BCUT2D eigenvalue weighted by Crippen LogP contribution is 2.19. The highest BCUT2D eigenvalue weighted by atomic mass is 16.5. The van der Waals surface area contributed by atoms with Gasteiger partial charge in [0, 0.05) is 33.2 Å². The number of hydrogen-bond donors (Lipinski definition) is 1. The fraction of sp³-hybridized carbons (Fsp3) is 0.556. The molecule has 2 amide bonds. The summed E-state index contributed by atoms with van der Waals surface area (Å²) in [5.74, 6) is 1.13. The largest absolute Gasteiger partial charge is 0.497 e. The fourth-order valence-electron chi connectivity index (χ4n) is 2.68. The molecular formula is C18H26N2O5. The van der Waals surface area contributed by atoms with Crippen LogP contribution >= 0.6 is 0 Å². The molecule has 25 heavy (non-hydrogen) atoms. The number of hydrogen-bond acceptors (Lipinski definition) is 5. The van der Waals surface area contributed by atoms with E-state index in [9.17, 15) is 9.59 Å². The maximum atomic E-state index is 12.1. The van der Waals surface area contributed by atoms with Gasteiger partial charge in [0.05, 0.1) is 19.6 Å². The van der Waals surface area contributed by atoms with Gasteiger partial charge in [0.1, 0.15) is 18.1 Å². The first-order valence-electron chi connectivity index (χ1n) is 8.45. The summed E-state index contributed by atoms with van der Waals surface area (Å²) in [6.45, 7) is 2.48. The highest BCUT2D eigenvalue weighted by Gasteiger charge is 2.33. The first-order valence-corrected chi connectivity index (χ1v) is 8.45. The Morgan fingerprint density at radius 2 is 1.92 bits per heavy atom. The summed E-state index contributed by atoms with van der Waals surface area (Å²) in [7, 11) is 3.24. The van der Waals surface area contributed by atoms with Gasteiger partial charge in [0.25, 0.3) is 0 Å². The molecule has 1 aliphatic heterocycles. The Hall–Kier alpha value is -2.28. The lowest BCUT2D eigenvalue weighted by Crippen LogP contribution is -2.35. The third kappa shape index (κ3) is 5.94. The molecule has 1 aromatic carbocycles. The molecule has 1 aliphatic rings. The van der Waals surface area contributed by atoms with Crippen LogP contribution in [0, 0.1) is 5.92 Å². The summed E-state index contributed by atoms with van der Waals surface area (Å²) in [5.41, 5.74) is 0. The number of amides is 2. The molecule has 1 N–H and O–H groups in total. The van der Waals surface area contributed by atoms with Gasteiger partial charge in [0.15, 0.2) is 0 Å². The van der Waals surface area contributed by atoms with Crippen LogP contribution in [-0.4, -0.2) is 63.8 Å².